The lowest BCUT2D eigenvalue weighted by Gasteiger charge is -2.28. The summed E-state index contributed by atoms with van der Waals surface area (Å²) in [6.45, 7) is 3.39. The van der Waals surface area contributed by atoms with Gasteiger partial charge in [-0.2, -0.15) is 0 Å². The van der Waals surface area contributed by atoms with Crippen LogP contribution in [0.5, 0.6) is 0 Å². The van der Waals surface area contributed by atoms with E-state index in [1.54, 1.807) is 6.33 Å². The Morgan fingerprint density at radius 3 is 2.95 bits per heavy atom. The van der Waals surface area contributed by atoms with E-state index in [1.807, 2.05) is 6.07 Å². The molecule has 0 radical (unpaired) electrons. The molecule has 0 saturated carbocycles. The maximum atomic E-state index is 5.80. The Bertz CT molecular complexity index is 459. The summed E-state index contributed by atoms with van der Waals surface area (Å²) in [7, 11) is 2.06. The van der Waals surface area contributed by atoms with Crippen molar-refractivity contribution in [1.29, 1.82) is 0 Å². The molecule has 0 amide bonds. The van der Waals surface area contributed by atoms with Crippen molar-refractivity contribution < 1.29 is 9.47 Å². The van der Waals surface area contributed by atoms with Crippen LogP contribution in [0.15, 0.2) is 12.4 Å². The number of ether oxygens (including phenoxy) is 2. The van der Waals surface area contributed by atoms with Crippen LogP contribution in [0.3, 0.4) is 0 Å². The molecule has 2 fully saturated rings. The van der Waals surface area contributed by atoms with E-state index in [4.69, 9.17) is 9.47 Å². The molecule has 1 aromatic heterocycles. The largest absolute Gasteiger partial charge is 0.379 e. The Kier molecular flexibility index (Phi) is 5.45. The zero-order valence-corrected chi connectivity index (χ0v) is 13.3. The van der Waals surface area contributed by atoms with Crippen LogP contribution in [0, 0.1) is 0 Å². The highest BCUT2D eigenvalue weighted by atomic mass is 16.5. The van der Waals surface area contributed by atoms with Crippen molar-refractivity contribution in [1.82, 2.24) is 9.97 Å². The van der Waals surface area contributed by atoms with Gasteiger partial charge in [-0.3, -0.25) is 0 Å². The second-order valence-electron chi connectivity index (χ2n) is 6.19. The molecule has 2 atom stereocenters. The van der Waals surface area contributed by atoms with Crippen LogP contribution in [0.2, 0.25) is 0 Å². The fourth-order valence-corrected chi connectivity index (χ4v) is 3.05. The van der Waals surface area contributed by atoms with Gasteiger partial charge in [0.2, 0.25) is 0 Å². The van der Waals surface area contributed by atoms with Gasteiger partial charge in [-0.25, -0.2) is 9.97 Å². The summed E-state index contributed by atoms with van der Waals surface area (Å²) in [5.41, 5.74) is 0. The van der Waals surface area contributed by atoms with Crippen molar-refractivity contribution >= 4 is 11.6 Å². The molecular formula is C16H26N4O2. The van der Waals surface area contributed by atoms with Gasteiger partial charge in [-0.05, 0) is 32.1 Å². The van der Waals surface area contributed by atoms with Gasteiger partial charge in [0.15, 0.2) is 0 Å². The highest BCUT2D eigenvalue weighted by Crippen LogP contribution is 2.19. The molecule has 6 nitrogen and oxygen atoms in total. The molecule has 0 aliphatic carbocycles. The van der Waals surface area contributed by atoms with Gasteiger partial charge in [0.1, 0.15) is 18.0 Å². The van der Waals surface area contributed by atoms with Crippen LogP contribution in [0.4, 0.5) is 11.6 Å². The van der Waals surface area contributed by atoms with E-state index < -0.39 is 0 Å². The van der Waals surface area contributed by atoms with Crippen molar-refractivity contribution in [2.24, 2.45) is 0 Å². The lowest BCUT2D eigenvalue weighted by atomic mass is 10.1. The van der Waals surface area contributed by atoms with Crippen LogP contribution in [-0.2, 0) is 9.47 Å². The molecule has 2 aliphatic rings. The predicted molar refractivity (Wildman–Crippen MR) is 86.4 cm³/mol. The van der Waals surface area contributed by atoms with Crippen LogP contribution in [0.1, 0.15) is 32.1 Å². The summed E-state index contributed by atoms with van der Waals surface area (Å²) in [6.07, 6.45) is 7.76. The molecule has 1 N–H and O–H groups in total. The van der Waals surface area contributed by atoms with Gasteiger partial charge in [-0.1, -0.05) is 0 Å². The summed E-state index contributed by atoms with van der Waals surface area (Å²) in [4.78, 5) is 10.9. The van der Waals surface area contributed by atoms with Gasteiger partial charge in [-0.15, -0.1) is 0 Å². The molecule has 2 saturated heterocycles. The monoisotopic (exact) mass is 306 g/mol. The number of aromatic nitrogens is 2. The van der Waals surface area contributed by atoms with E-state index in [0.717, 1.165) is 57.3 Å². The van der Waals surface area contributed by atoms with Crippen molar-refractivity contribution in [3.05, 3.63) is 12.4 Å². The van der Waals surface area contributed by atoms with Crippen LogP contribution in [0.25, 0.3) is 0 Å². The smallest absolute Gasteiger partial charge is 0.133 e. The fourth-order valence-electron chi connectivity index (χ4n) is 3.05. The molecule has 22 heavy (non-hydrogen) atoms. The molecule has 0 spiro atoms. The van der Waals surface area contributed by atoms with E-state index in [2.05, 4.69) is 27.2 Å². The second kappa shape index (κ2) is 7.74. The van der Waals surface area contributed by atoms with Gasteiger partial charge >= 0.3 is 0 Å². The first-order valence-electron chi connectivity index (χ1n) is 8.30. The zero-order chi connectivity index (χ0) is 15.2. The summed E-state index contributed by atoms with van der Waals surface area (Å²) in [5.74, 6) is 1.81. The summed E-state index contributed by atoms with van der Waals surface area (Å²) >= 11 is 0. The lowest BCUT2D eigenvalue weighted by Crippen LogP contribution is -2.34. The van der Waals surface area contributed by atoms with Crippen LogP contribution < -0.4 is 10.2 Å². The average molecular weight is 306 g/mol. The van der Waals surface area contributed by atoms with Gasteiger partial charge in [0.25, 0.3) is 0 Å². The summed E-state index contributed by atoms with van der Waals surface area (Å²) < 4.78 is 11.3. The normalized spacial score (nSPS) is 25.7. The van der Waals surface area contributed by atoms with E-state index in [9.17, 15) is 0 Å². The standard InChI is InChI=1S/C16H26N4O2/c1-20(10-14-6-2-3-8-22-14)16-9-15(17-12-18-16)19-13-5-4-7-21-11-13/h9,12-14H,2-8,10-11H2,1H3,(H,17,18,19)/t13-,14+/m0/s1. The summed E-state index contributed by atoms with van der Waals surface area (Å²) in [6, 6.07) is 2.36. The molecular weight excluding hydrogens is 280 g/mol. The Labute approximate surface area is 132 Å². The zero-order valence-electron chi connectivity index (χ0n) is 13.3. The maximum Gasteiger partial charge on any atom is 0.133 e. The fraction of sp³-hybridized carbons (Fsp3) is 0.750. The molecule has 0 bridgehead atoms. The topological polar surface area (TPSA) is 59.5 Å². The van der Waals surface area contributed by atoms with Crippen LogP contribution in [-0.4, -0.2) is 55.5 Å². The molecule has 122 valence electrons. The van der Waals surface area contributed by atoms with E-state index in [0.29, 0.717) is 12.1 Å². The first-order valence-corrected chi connectivity index (χ1v) is 8.30. The van der Waals surface area contributed by atoms with E-state index >= 15 is 0 Å². The summed E-state index contributed by atoms with van der Waals surface area (Å²) in [5, 5.41) is 3.45. The Hall–Kier alpha value is -1.40. The third-order valence-corrected chi connectivity index (χ3v) is 4.31. The number of hydrogen-bond donors (Lipinski definition) is 1. The van der Waals surface area contributed by atoms with Gasteiger partial charge in [0.05, 0.1) is 18.8 Å². The number of nitrogens with zero attached hydrogens (tertiary/aromatic N) is 3. The predicted octanol–water partition coefficient (Wildman–Crippen LogP) is 2.07. The number of anilines is 2. The molecule has 0 aromatic carbocycles. The molecule has 0 unspecified atom stereocenters. The maximum absolute atomic E-state index is 5.80. The Morgan fingerprint density at radius 2 is 2.18 bits per heavy atom. The minimum absolute atomic E-state index is 0.317. The quantitative estimate of drug-likeness (QED) is 0.899. The number of nitrogens with one attached hydrogen (secondary N) is 1. The number of rotatable bonds is 5. The Morgan fingerprint density at radius 1 is 1.23 bits per heavy atom. The van der Waals surface area contributed by atoms with Gasteiger partial charge in [0, 0.05) is 32.9 Å². The first kappa shape index (κ1) is 15.5. The van der Waals surface area contributed by atoms with Gasteiger partial charge < -0.3 is 19.7 Å². The highest BCUT2D eigenvalue weighted by Gasteiger charge is 2.18. The number of hydrogen-bond acceptors (Lipinski definition) is 6. The van der Waals surface area contributed by atoms with Crippen LogP contribution >= 0.6 is 0 Å². The molecule has 2 aliphatic heterocycles. The highest BCUT2D eigenvalue weighted by molar-refractivity contribution is 5.48. The van der Waals surface area contributed by atoms with Crippen molar-refractivity contribution in [3.8, 4) is 0 Å². The molecule has 6 heteroatoms. The Balaban J connectivity index is 1.57. The van der Waals surface area contributed by atoms with Crippen molar-refractivity contribution in [2.75, 3.05) is 43.6 Å². The third-order valence-electron chi connectivity index (χ3n) is 4.31. The molecule has 3 rings (SSSR count). The minimum Gasteiger partial charge on any atom is -0.379 e. The van der Waals surface area contributed by atoms with E-state index in [1.165, 1.54) is 12.8 Å². The molecule has 1 aromatic rings. The number of likely N-dealkylation sites (N-methyl/N-ethyl adjacent to an activating group) is 1. The third kappa shape index (κ3) is 4.30. The van der Waals surface area contributed by atoms with Crippen molar-refractivity contribution in [3.63, 3.8) is 0 Å². The minimum atomic E-state index is 0.317. The first-order chi connectivity index (χ1) is 10.8. The van der Waals surface area contributed by atoms with Crippen molar-refractivity contribution in [2.45, 2.75) is 44.2 Å². The second-order valence-corrected chi connectivity index (χ2v) is 6.19. The molecule has 3 heterocycles. The van der Waals surface area contributed by atoms with E-state index in [-0.39, 0.29) is 0 Å². The lowest BCUT2D eigenvalue weighted by molar-refractivity contribution is 0.0215. The SMILES string of the molecule is CN(C[C@H]1CCCCO1)c1cc(N[C@H]2CCCOC2)ncn1. The average Bonchev–Trinajstić information content (AvgIpc) is 2.57.